The number of carbonyl (C=O) groups excluding carboxylic acids is 5. The zero-order valence-electron chi connectivity index (χ0n) is 23.2. The number of carbonyl (C=O) groups is 5. The van der Waals surface area contributed by atoms with E-state index in [1.807, 2.05) is 0 Å². The van der Waals surface area contributed by atoms with Gasteiger partial charge in [0.15, 0.2) is 5.75 Å². The van der Waals surface area contributed by atoms with E-state index >= 15 is 0 Å². The number of nitro groups is 1. The summed E-state index contributed by atoms with van der Waals surface area (Å²) in [7, 11) is 0. The Morgan fingerprint density at radius 3 is 2.37 bits per heavy atom. The van der Waals surface area contributed by atoms with E-state index in [9.17, 15) is 39.2 Å². The minimum Gasteiger partial charge on any atom is -0.502 e. The minimum absolute atomic E-state index is 0.173. The molecule has 7 N–H and O–H groups in total. The summed E-state index contributed by atoms with van der Waals surface area (Å²) in [5, 5.41) is 25.9. The number of para-hydroxylation sites is 1. The van der Waals surface area contributed by atoms with Gasteiger partial charge in [-0.3, -0.25) is 34.1 Å². The highest BCUT2D eigenvalue weighted by Crippen LogP contribution is 2.28. The van der Waals surface area contributed by atoms with Crippen molar-refractivity contribution in [2.75, 3.05) is 25.4 Å². The van der Waals surface area contributed by atoms with Crippen molar-refractivity contribution in [2.24, 2.45) is 5.73 Å². The molecule has 0 unspecified atom stereocenters. The first-order valence-corrected chi connectivity index (χ1v) is 13.8. The minimum atomic E-state index is -1.24. The quantitative estimate of drug-likeness (QED) is 0.139. The number of nitrogens with zero attached hydrogens (tertiary/aromatic N) is 3. The van der Waals surface area contributed by atoms with E-state index in [2.05, 4.69) is 10.6 Å². The van der Waals surface area contributed by atoms with E-state index in [0.717, 1.165) is 12.1 Å². The first kappa shape index (κ1) is 30.7. The SMILES string of the molecule is NC(=O)[C@H](Cc1ccc(O)c([N+](=O)[O-])c1)NC(=O)[C@@H]1CCCN1C(=O)[C@@H]1CCCN1C(=O)CNC(=O)c1ccccc1N. The first-order valence-electron chi connectivity index (χ1n) is 13.8. The lowest BCUT2D eigenvalue weighted by Crippen LogP contribution is -2.56. The predicted molar refractivity (Wildman–Crippen MR) is 152 cm³/mol. The molecule has 0 bridgehead atoms. The van der Waals surface area contributed by atoms with E-state index in [1.54, 1.807) is 18.2 Å². The average Bonchev–Trinajstić information content (AvgIpc) is 3.67. The lowest BCUT2D eigenvalue weighted by Gasteiger charge is -2.31. The van der Waals surface area contributed by atoms with Gasteiger partial charge in [-0.15, -0.1) is 0 Å². The number of nitrogens with two attached hydrogens (primary N) is 2. The van der Waals surface area contributed by atoms with Crippen LogP contribution in [0.1, 0.15) is 41.6 Å². The molecule has 5 amide bonds. The molecular formula is C28H33N7O8. The monoisotopic (exact) mass is 595 g/mol. The van der Waals surface area contributed by atoms with Gasteiger partial charge in [0.05, 0.1) is 17.0 Å². The Morgan fingerprint density at radius 2 is 1.70 bits per heavy atom. The number of benzene rings is 2. The van der Waals surface area contributed by atoms with E-state index < -0.39 is 64.0 Å². The van der Waals surface area contributed by atoms with Crippen LogP contribution >= 0.6 is 0 Å². The summed E-state index contributed by atoms with van der Waals surface area (Å²) in [5.41, 5.74) is 11.6. The van der Waals surface area contributed by atoms with Crippen molar-refractivity contribution >= 4 is 40.9 Å². The lowest BCUT2D eigenvalue weighted by molar-refractivity contribution is -0.385. The van der Waals surface area contributed by atoms with E-state index in [1.165, 1.54) is 21.9 Å². The van der Waals surface area contributed by atoms with Gasteiger partial charge in [-0.2, -0.15) is 0 Å². The third-order valence-corrected chi connectivity index (χ3v) is 7.64. The van der Waals surface area contributed by atoms with Gasteiger partial charge in [0.25, 0.3) is 5.91 Å². The van der Waals surface area contributed by atoms with Crippen molar-refractivity contribution < 1.29 is 34.0 Å². The van der Waals surface area contributed by atoms with E-state index in [0.29, 0.717) is 32.2 Å². The molecule has 2 aromatic carbocycles. The number of likely N-dealkylation sites (tertiary alicyclic amines) is 2. The van der Waals surface area contributed by atoms with Crippen LogP contribution in [0.4, 0.5) is 11.4 Å². The van der Waals surface area contributed by atoms with Crippen molar-refractivity contribution in [1.29, 1.82) is 0 Å². The van der Waals surface area contributed by atoms with Crippen LogP contribution in [0, 0.1) is 10.1 Å². The zero-order valence-corrected chi connectivity index (χ0v) is 23.2. The number of phenolic OH excluding ortho intramolecular Hbond substituents is 1. The fourth-order valence-corrected chi connectivity index (χ4v) is 5.44. The van der Waals surface area contributed by atoms with Crippen LogP contribution in [0.5, 0.6) is 5.75 Å². The molecule has 0 radical (unpaired) electrons. The summed E-state index contributed by atoms with van der Waals surface area (Å²) in [5.74, 6) is -3.42. The third kappa shape index (κ3) is 6.99. The number of hydrogen-bond acceptors (Lipinski definition) is 9. The second-order valence-electron chi connectivity index (χ2n) is 10.5. The van der Waals surface area contributed by atoms with Crippen LogP contribution in [-0.2, 0) is 25.6 Å². The Hall–Kier alpha value is -5.21. The van der Waals surface area contributed by atoms with Crippen LogP contribution in [0.15, 0.2) is 42.5 Å². The fourth-order valence-electron chi connectivity index (χ4n) is 5.44. The molecule has 15 heteroatoms. The number of rotatable bonds is 10. The molecule has 4 rings (SSSR count). The molecule has 0 aromatic heterocycles. The van der Waals surface area contributed by atoms with Gasteiger partial charge in [-0.05, 0) is 49.4 Å². The summed E-state index contributed by atoms with van der Waals surface area (Å²) < 4.78 is 0. The number of phenols is 1. The summed E-state index contributed by atoms with van der Waals surface area (Å²) in [6.07, 6.45) is 1.62. The normalized spacial score (nSPS) is 18.6. The van der Waals surface area contributed by atoms with Crippen LogP contribution in [0.25, 0.3) is 0 Å². The largest absolute Gasteiger partial charge is 0.502 e. The van der Waals surface area contributed by atoms with Gasteiger partial charge in [-0.25, -0.2) is 0 Å². The van der Waals surface area contributed by atoms with Gasteiger partial charge in [-0.1, -0.05) is 18.2 Å². The Kier molecular flexibility index (Phi) is 9.42. The molecule has 2 aliphatic heterocycles. The lowest BCUT2D eigenvalue weighted by atomic mass is 10.0. The molecule has 0 aliphatic carbocycles. The summed E-state index contributed by atoms with van der Waals surface area (Å²) in [4.78, 5) is 77.7. The Balaban J connectivity index is 1.39. The van der Waals surface area contributed by atoms with Crippen LogP contribution in [-0.4, -0.2) is 87.1 Å². The van der Waals surface area contributed by atoms with Crippen molar-refractivity contribution in [3.05, 3.63) is 63.7 Å². The summed E-state index contributed by atoms with van der Waals surface area (Å²) in [6.45, 7) is 0.243. The number of primary amides is 1. The molecular weight excluding hydrogens is 562 g/mol. The van der Waals surface area contributed by atoms with Gasteiger partial charge in [0, 0.05) is 31.3 Å². The maximum Gasteiger partial charge on any atom is 0.310 e. The smallest absolute Gasteiger partial charge is 0.310 e. The Morgan fingerprint density at radius 1 is 1.02 bits per heavy atom. The number of nitrogen functional groups attached to an aromatic ring is 1. The maximum absolute atomic E-state index is 13.6. The van der Waals surface area contributed by atoms with Gasteiger partial charge >= 0.3 is 5.69 Å². The average molecular weight is 596 g/mol. The number of nitrogens with one attached hydrogen (secondary N) is 2. The van der Waals surface area contributed by atoms with E-state index in [4.69, 9.17) is 11.5 Å². The molecule has 0 spiro atoms. The topological polar surface area (TPSA) is 231 Å². The number of anilines is 1. The second kappa shape index (κ2) is 13.2. The van der Waals surface area contributed by atoms with Crippen LogP contribution < -0.4 is 22.1 Å². The highest BCUT2D eigenvalue weighted by Gasteiger charge is 2.42. The highest BCUT2D eigenvalue weighted by molar-refractivity contribution is 6.01. The Bertz CT molecular complexity index is 1450. The molecule has 15 nitrogen and oxygen atoms in total. The van der Waals surface area contributed by atoms with Gasteiger partial charge in [0.1, 0.15) is 18.1 Å². The van der Waals surface area contributed by atoms with Crippen LogP contribution in [0.3, 0.4) is 0 Å². The molecule has 2 aliphatic rings. The van der Waals surface area contributed by atoms with Crippen molar-refractivity contribution in [3.8, 4) is 5.75 Å². The van der Waals surface area contributed by atoms with Gasteiger partial charge in [0.2, 0.25) is 23.6 Å². The number of hydrogen-bond donors (Lipinski definition) is 5. The number of amides is 5. The molecule has 2 aromatic rings. The fraction of sp³-hybridized carbons (Fsp3) is 0.393. The van der Waals surface area contributed by atoms with Gasteiger partial charge < -0.3 is 37.0 Å². The highest BCUT2D eigenvalue weighted by atomic mass is 16.6. The molecule has 43 heavy (non-hydrogen) atoms. The summed E-state index contributed by atoms with van der Waals surface area (Å²) in [6, 6.07) is 7.04. The predicted octanol–water partition coefficient (Wildman–Crippen LogP) is -0.193. The molecule has 0 saturated carbocycles. The molecule has 2 fully saturated rings. The molecule has 2 saturated heterocycles. The maximum atomic E-state index is 13.6. The van der Waals surface area contributed by atoms with Crippen molar-refractivity contribution in [1.82, 2.24) is 20.4 Å². The molecule has 2 heterocycles. The number of aromatic hydroxyl groups is 1. The standard InChI is InChI=1S/C28H33N7O8/c29-18-6-2-1-5-17(18)26(39)31-15-24(37)33-11-4-8-21(33)28(41)34-12-3-7-20(34)27(40)32-19(25(30)38)13-16-9-10-23(36)22(14-16)35(42)43/h1-2,5-6,9-10,14,19-21,36H,3-4,7-8,11-13,15,29H2,(H2,30,38)(H,31,39)(H,32,40)/t19-,20-,21-/m0/s1. The Labute approximate surface area is 246 Å². The van der Waals surface area contributed by atoms with E-state index in [-0.39, 0.29) is 36.3 Å². The molecule has 228 valence electrons. The van der Waals surface area contributed by atoms with Crippen molar-refractivity contribution in [2.45, 2.75) is 50.2 Å². The third-order valence-electron chi connectivity index (χ3n) is 7.64. The second-order valence-corrected chi connectivity index (χ2v) is 10.5. The zero-order chi connectivity index (χ0) is 31.3. The molecule has 3 atom stereocenters. The first-order chi connectivity index (χ1) is 20.5. The number of nitro benzene ring substituents is 1. The van der Waals surface area contributed by atoms with Crippen LogP contribution in [0.2, 0.25) is 0 Å². The van der Waals surface area contributed by atoms with Crippen molar-refractivity contribution in [3.63, 3.8) is 0 Å². The summed E-state index contributed by atoms with van der Waals surface area (Å²) >= 11 is 0.